The monoisotopic (exact) mass is 251 g/mol. The average Bonchev–Trinajstić information content (AvgIpc) is 2.38. The first-order valence-corrected chi connectivity index (χ1v) is 6.76. The first-order valence-electron chi connectivity index (χ1n) is 6.76. The molecule has 1 aliphatic rings. The maximum atomic E-state index is 14.0. The molecular weight excluding hydrogens is 229 g/mol. The van der Waals surface area contributed by atoms with Crippen LogP contribution in [0.25, 0.3) is 0 Å². The highest BCUT2D eigenvalue weighted by Crippen LogP contribution is 2.40. The van der Waals surface area contributed by atoms with Gasteiger partial charge in [-0.15, -0.1) is 0 Å². The van der Waals surface area contributed by atoms with Gasteiger partial charge in [0.15, 0.2) is 11.6 Å². The molecule has 2 N–H and O–H groups in total. The van der Waals surface area contributed by atoms with Crippen LogP contribution in [-0.2, 0) is 12.0 Å². The minimum atomic E-state index is -0.421. The van der Waals surface area contributed by atoms with Crippen molar-refractivity contribution in [3.05, 3.63) is 29.1 Å². The van der Waals surface area contributed by atoms with Crippen LogP contribution in [0, 0.1) is 5.82 Å². The van der Waals surface area contributed by atoms with E-state index in [2.05, 4.69) is 0 Å². The van der Waals surface area contributed by atoms with E-state index in [1.165, 1.54) is 13.5 Å². The predicted molar refractivity (Wildman–Crippen MR) is 71.3 cm³/mol. The highest BCUT2D eigenvalue weighted by atomic mass is 19.1. The molecule has 0 heterocycles. The maximum absolute atomic E-state index is 14.0. The lowest BCUT2D eigenvalue weighted by atomic mass is 9.76. The molecule has 1 saturated carbocycles. The summed E-state index contributed by atoms with van der Waals surface area (Å²) >= 11 is 0. The number of rotatable bonds is 3. The molecule has 1 fully saturated rings. The summed E-state index contributed by atoms with van der Waals surface area (Å²) in [4.78, 5) is 0. The summed E-state index contributed by atoms with van der Waals surface area (Å²) < 4.78 is 19.3. The molecule has 0 radical (unpaired) electrons. The number of benzene rings is 1. The van der Waals surface area contributed by atoms with E-state index in [1.54, 1.807) is 6.07 Å². The molecule has 0 spiro atoms. The number of ether oxygens (including phenoxy) is 1. The average molecular weight is 251 g/mol. The van der Waals surface area contributed by atoms with E-state index < -0.39 is 5.54 Å². The van der Waals surface area contributed by atoms with E-state index in [4.69, 9.17) is 10.5 Å². The minimum Gasteiger partial charge on any atom is -0.493 e. The molecule has 1 aromatic rings. The zero-order valence-electron chi connectivity index (χ0n) is 11.3. The van der Waals surface area contributed by atoms with Crippen molar-refractivity contribution in [3.63, 3.8) is 0 Å². The Morgan fingerprint density at radius 3 is 2.50 bits per heavy atom. The van der Waals surface area contributed by atoms with Crippen molar-refractivity contribution in [1.82, 2.24) is 0 Å². The van der Waals surface area contributed by atoms with Crippen LogP contribution in [0.15, 0.2) is 12.1 Å². The molecule has 3 heteroatoms. The molecule has 0 amide bonds. The third-order valence-electron chi connectivity index (χ3n) is 4.00. The third kappa shape index (κ3) is 2.37. The highest BCUT2D eigenvalue weighted by molar-refractivity contribution is 5.43. The van der Waals surface area contributed by atoms with Gasteiger partial charge in [-0.1, -0.05) is 32.3 Å². The lowest BCUT2D eigenvalue weighted by molar-refractivity contribution is 0.284. The summed E-state index contributed by atoms with van der Waals surface area (Å²) in [5.74, 6) is 0.0406. The van der Waals surface area contributed by atoms with Crippen molar-refractivity contribution in [2.45, 2.75) is 51.0 Å². The molecule has 1 aliphatic carbocycles. The standard InChI is InChI=1S/C15H22FNO/c1-3-11-9-12(14(18-2)13(16)10-11)15(17)7-5-4-6-8-15/h9-10H,3-8,17H2,1-2H3. The Morgan fingerprint density at radius 1 is 1.28 bits per heavy atom. The Bertz CT molecular complexity index is 425. The molecular formula is C15H22FNO. The normalized spacial score (nSPS) is 18.7. The van der Waals surface area contributed by atoms with Gasteiger partial charge in [0, 0.05) is 11.1 Å². The van der Waals surface area contributed by atoms with Gasteiger partial charge in [0.25, 0.3) is 0 Å². The van der Waals surface area contributed by atoms with Crippen LogP contribution in [0.5, 0.6) is 5.75 Å². The molecule has 0 unspecified atom stereocenters. The van der Waals surface area contributed by atoms with Gasteiger partial charge in [-0.3, -0.25) is 0 Å². The summed E-state index contributed by atoms with van der Waals surface area (Å²) in [5.41, 5.74) is 7.92. The number of halogens is 1. The predicted octanol–water partition coefficient (Wildman–Crippen LogP) is 3.51. The van der Waals surface area contributed by atoms with Crippen LogP contribution in [-0.4, -0.2) is 7.11 Å². The van der Waals surface area contributed by atoms with Gasteiger partial charge >= 0.3 is 0 Å². The molecule has 2 rings (SSSR count). The van der Waals surface area contributed by atoms with Gasteiger partial charge in [0.1, 0.15) is 0 Å². The van der Waals surface area contributed by atoms with Crippen molar-refractivity contribution in [3.8, 4) is 5.75 Å². The van der Waals surface area contributed by atoms with Gasteiger partial charge < -0.3 is 10.5 Å². The topological polar surface area (TPSA) is 35.2 Å². The molecule has 100 valence electrons. The van der Waals surface area contributed by atoms with Crippen molar-refractivity contribution in [2.75, 3.05) is 7.11 Å². The summed E-state index contributed by atoms with van der Waals surface area (Å²) in [5, 5.41) is 0. The second kappa shape index (κ2) is 5.27. The van der Waals surface area contributed by atoms with Gasteiger partial charge in [-0.05, 0) is 30.9 Å². The van der Waals surface area contributed by atoms with E-state index in [9.17, 15) is 4.39 Å². The Kier molecular flexibility index (Phi) is 3.91. The second-order valence-electron chi connectivity index (χ2n) is 5.23. The summed E-state index contributed by atoms with van der Waals surface area (Å²) in [6.45, 7) is 2.02. The van der Waals surface area contributed by atoms with E-state index in [1.807, 2.05) is 13.0 Å². The molecule has 18 heavy (non-hydrogen) atoms. The molecule has 0 atom stereocenters. The molecule has 1 aromatic carbocycles. The number of aryl methyl sites for hydroxylation is 1. The first kappa shape index (κ1) is 13.3. The Morgan fingerprint density at radius 2 is 1.94 bits per heavy atom. The summed E-state index contributed by atoms with van der Waals surface area (Å²) in [6.07, 6.45) is 6.07. The van der Waals surface area contributed by atoms with Crippen molar-refractivity contribution in [1.29, 1.82) is 0 Å². The molecule has 0 saturated heterocycles. The zero-order chi connectivity index (χ0) is 13.2. The Labute approximate surface area is 108 Å². The van der Waals surface area contributed by atoms with Crippen molar-refractivity contribution >= 4 is 0 Å². The summed E-state index contributed by atoms with van der Waals surface area (Å²) in [7, 11) is 1.51. The van der Waals surface area contributed by atoms with Crippen LogP contribution in [0.1, 0.15) is 50.2 Å². The fourth-order valence-corrected chi connectivity index (χ4v) is 2.88. The number of nitrogens with two attached hydrogens (primary N) is 1. The lowest BCUT2D eigenvalue weighted by Gasteiger charge is -2.35. The highest BCUT2D eigenvalue weighted by Gasteiger charge is 2.33. The van der Waals surface area contributed by atoms with Crippen molar-refractivity contribution < 1.29 is 9.13 Å². The number of hydrogen-bond acceptors (Lipinski definition) is 2. The molecule has 0 aliphatic heterocycles. The van der Waals surface area contributed by atoms with Crippen LogP contribution in [0.4, 0.5) is 4.39 Å². The minimum absolute atomic E-state index is 0.290. The van der Waals surface area contributed by atoms with Crippen LogP contribution < -0.4 is 10.5 Å². The van der Waals surface area contributed by atoms with E-state index in [0.29, 0.717) is 5.75 Å². The van der Waals surface area contributed by atoms with Crippen LogP contribution in [0.3, 0.4) is 0 Å². The zero-order valence-corrected chi connectivity index (χ0v) is 11.3. The lowest BCUT2D eigenvalue weighted by Crippen LogP contribution is -2.39. The SMILES string of the molecule is CCc1cc(F)c(OC)c(C2(N)CCCCC2)c1. The maximum Gasteiger partial charge on any atom is 0.165 e. The fourth-order valence-electron chi connectivity index (χ4n) is 2.88. The molecule has 0 bridgehead atoms. The van der Waals surface area contributed by atoms with E-state index in [0.717, 1.165) is 43.2 Å². The first-order chi connectivity index (χ1) is 8.60. The molecule has 0 aromatic heterocycles. The quantitative estimate of drug-likeness (QED) is 0.892. The van der Waals surface area contributed by atoms with Crippen molar-refractivity contribution in [2.24, 2.45) is 5.73 Å². The van der Waals surface area contributed by atoms with E-state index in [-0.39, 0.29) is 5.82 Å². The smallest absolute Gasteiger partial charge is 0.165 e. The van der Waals surface area contributed by atoms with Gasteiger partial charge in [-0.25, -0.2) is 4.39 Å². The van der Waals surface area contributed by atoms with Gasteiger partial charge in [0.2, 0.25) is 0 Å². The largest absolute Gasteiger partial charge is 0.493 e. The van der Waals surface area contributed by atoms with Gasteiger partial charge in [0.05, 0.1) is 7.11 Å². The number of methoxy groups -OCH3 is 1. The van der Waals surface area contributed by atoms with Gasteiger partial charge in [-0.2, -0.15) is 0 Å². The third-order valence-corrected chi connectivity index (χ3v) is 4.00. The fraction of sp³-hybridized carbons (Fsp3) is 0.600. The number of hydrogen-bond donors (Lipinski definition) is 1. The Hall–Kier alpha value is -1.09. The molecule has 2 nitrogen and oxygen atoms in total. The van der Waals surface area contributed by atoms with E-state index >= 15 is 0 Å². The van der Waals surface area contributed by atoms with Crippen LogP contribution >= 0.6 is 0 Å². The van der Waals surface area contributed by atoms with Crippen LogP contribution in [0.2, 0.25) is 0 Å². The summed E-state index contributed by atoms with van der Waals surface area (Å²) in [6, 6.07) is 3.57. The second-order valence-corrected chi connectivity index (χ2v) is 5.23. The Balaban J connectivity index is 2.49.